The van der Waals surface area contributed by atoms with Gasteiger partial charge in [0.2, 0.25) is 5.91 Å². The molecular weight excluding hydrogens is 302 g/mol. The minimum atomic E-state index is -0.419. The van der Waals surface area contributed by atoms with Gasteiger partial charge in [0.05, 0.1) is 30.7 Å². The lowest BCUT2D eigenvalue weighted by Gasteiger charge is -2.15. The average Bonchev–Trinajstić information content (AvgIpc) is 2.35. The molecule has 0 spiro atoms. The van der Waals surface area contributed by atoms with Crippen LogP contribution in [0.1, 0.15) is 12.5 Å². The third kappa shape index (κ3) is 3.61. The number of aliphatic hydroxyl groups is 1. The van der Waals surface area contributed by atoms with E-state index in [-0.39, 0.29) is 19.1 Å². The van der Waals surface area contributed by atoms with Crippen molar-refractivity contribution < 1.29 is 19.4 Å². The van der Waals surface area contributed by atoms with Gasteiger partial charge in [0.1, 0.15) is 0 Å². The molecule has 1 rings (SSSR count). The van der Waals surface area contributed by atoms with Gasteiger partial charge in [-0.15, -0.1) is 0 Å². The van der Waals surface area contributed by atoms with Crippen molar-refractivity contribution in [2.24, 2.45) is 11.7 Å². The summed E-state index contributed by atoms with van der Waals surface area (Å²) in [6.45, 7) is 1.76. The van der Waals surface area contributed by atoms with Crippen molar-refractivity contribution in [1.82, 2.24) is 0 Å². The molecular formula is C12H16BrNO4. The van der Waals surface area contributed by atoms with Crippen molar-refractivity contribution in [3.63, 3.8) is 0 Å². The molecule has 0 aliphatic heterocycles. The highest BCUT2D eigenvalue weighted by Crippen LogP contribution is 2.36. The summed E-state index contributed by atoms with van der Waals surface area (Å²) in [5.74, 6) is 0.170. The number of amides is 1. The summed E-state index contributed by atoms with van der Waals surface area (Å²) in [6.07, 6.45) is 0. The zero-order valence-corrected chi connectivity index (χ0v) is 11.9. The van der Waals surface area contributed by atoms with Crippen LogP contribution in [0.3, 0.4) is 0 Å². The fourth-order valence-corrected chi connectivity index (χ4v) is 1.90. The van der Waals surface area contributed by atoms with Crippen molar-refractivity contribution in [2.45, 2.75) is 13.5 Å². The molecule has 1 aromatic carbocycles. The predicted octanol–water partition coefficient (Wildman–Crippen LogP) is 1.45. The number of aliphatic hydroxyl groups excluding tert-OH is 1. The molecule has 3 N–H and O–H groups in total. The standard InChI is InChI=1S/C12H16BrNO4/c1-7(12(14)16)6-18-11-9(13)3-8(5-15)4-10(11)17-2/h3-4,7,15H,5-6H2,1-2H3,(H2,14,16). The maximum Gasteiger partial charge on any atom is 0.223 e. The second-order valence-electron chi connectivity index (χ2n) is 3.88. The van der Waals surface area contributed by atoms with E-state index in [1.165, 1.54) is 7.11 Å². The Morgan fingerprint density at radius 2 is 2.22 bits per heavy atom. The molecule has 0 radical (unpaired) electrons. The number of carbonyl (C=O) groups excluding carboxylic acids is 1. The van der Waals surface area contributed by atoms with E-state index in [4.69, 9.17) is 20.3 Å². The van der Waals surface area contributed by atoms with Gasteiger partial charge < -0.3 is 20.3 Å². The number of methoxy groups -OCH3 is 1. The monoisotopic (exact) mass is 317 g/mol. The van der Waals surface area contributed by atoms with Crippen LogP contribution in [0.15, 0.2) is 16.6 Å². The summed E-state index contributed by atoms with van der Waals surface area (Å²) in [7, 11) is 1.51. The first kappa shape index (κ1) is 14.8. The van der Waals surface area contributed by atoms with E-state index in [9.17, 15) is 4.79 Å². The zero-order valence-electron chi connectivity index (χ0n) is 10.3. The first-order chi connectivity index (χ1) is 8.49. The van der Waals surface area contributed by atoms with Gasteiger partial charge in [-0.2, -0.15) is 0 Å². The molecule has 0 aromatic heterocycles. The molecule has 6 heteroatoms. The van der Waals surface area contributed by atoms with E-state index in [0.29, 0.717) is 21.5 Å². The number of halogens is 1. The van der Waals surface area contributed by atoms with Crippen LogP contribution in [0, 0.1) is 5.92 Å². The summed E-state index contributed by atoms with van der Waals surface area (Å²) in [4.78, 5) is 10.9. The predicted molar refractivity (Wildman–Crippen MR) is 70.5 cm³/mol. The first-order valence-corrected chi connectivity index (χ1v) is 6.18. The van der Waals surface area contributed by atoms with Crippen molar-refractivity contribution >= 4 is 21.8 Å². The fourth-order valence-electron chi connectivity index (χ4n) is 1.30. The number of rotatable bonds is 6. The maximum absolute atomic E-state index is 10.9. The summed E-state index contributed by atoms with van der Waals surface area (Å²) >= 11 is 3.33. The largest absolute Gasteiger partial charge is 0.493 e. The summed E-state index contributed by atoms with van der Waals surface area (Å²) in [5.41, 5.74) is 5.86. The molecule has 0 aliphatic carbocycles. The van der Waals surface area contributed by atoms with Gasteiger partial charge in [0.15, 0.2) is 11.5 Å². The zero-order chi connectivity index (χ0) is 13.7. The number of carbonyl (C=O) groups is 1. The van der Waals surface area contributed by atoms with Gasteiger partial charge in [-0.1, -0.05) is 6.92 Å². The van der Waals surface area contributed by atoms with Gasteiger partial charge >= 0.3 is 0 Å². The Hall–Kier alpha value is -1.27. The lowest BCUT2D eigenvalue weighted by molar-refractivity contribution is -0.122. The highest BCUT2D eigenvalue weighted by atomic mass is 79.9. The fraction of sp³-hybridized carbons (Fsp3) is 0.417. The number of hydrogen-bond donors (Lipinski definition) is 2. The first-order valence-electron chi connectivity index (χ1n) is 5.39. The molecule has 0 bridgehead atoms. The van der Waals surface area contributed by atoms with Gasteiger partial charge in [0.25, 0.3) is 0 Å². The van der Waals surface area contributed by atoms with Crippen molar-refractivity contribution in [1.29, 1.82) is 0 Å². The molecule has 1 unspecified atom stereocenters. The number of primary amides is 1. The smallest absolute Gasteiger partial charge is 0.223 e. The molecule has 1 aromatic rings. The van der Waals surface area contributed by atoms with Crippen LogP contribution in [-0.4, -0.2) is 24.7 Å². The Labute approximate surface area is 114 Å². The number of nitrogens with two attached hydrogens (primary N) is 1. The quantitative estimate of drug-likeness (QED) is 0.832. The van der Waals surface area contributed by atoms with Crippen LogP contribution in [-0.2, 0) is 11.4 Å². The molecule has 0 heterocycles. The second-order valence-corrected chi connectivity index (χ2v) is 4.74. The molecule has 1 atom stereocenters. The second kappa shape index (κ2) is 6.61. The molecule has 0 saturated carbocycles. The highest BCUT2D eigenvalue weighted by Gasteiger charge is 2.15. The van der Waals surface area contributed by atoms with Gasteiger partial charge in [0, 0.05) is 0 Å². The van der Waals surface area contributed by atoms with E-state index in [1.807, 2.05) is 0 Å². The molecule has 0 saturated heterocycles. The van der Waals surface area contributed by atoms with Crippen LogP contribution in [0.4, 0.5) is 0 Å². The lowest BCUT2D eigenvalue weighted by atomic mass is 10.2. The van der Waals surface area contributed by atoms with Crippen molar-refractivity contribution in [3.05, 3.63) is 22.2 Å². The van der Waals surface area contributed by atoms with Gasteiger partial charge in [-0.3, -0.25) is 4.79 Å². The maximum atomic E-state index is 10.9. The molecule has 5 nitrogen and oxygen atoms in total. The Morgan fingerprint density at radius 1 is 1.56 bits per heavy atom. The summed E-state index contributed by atoms with van der Waals surface area (Å²) < 4.78 is 11.4. The normalized spacial score (nSPS) is 12.0. The third-order valence-electron chi connectivity index (χ3n) is 2.44. The van der Waals surface area contributed by atoms with Crippen LogP contribution in [0.2, 0.25) is 0 Å². The van der Waals surface area contributed by atoms with Gasteiger partial charge in [-0.05, 0) is 33.6 Å². The Morgan fingerprint density at radius 3 is 2.72 bits per heavy atom. The summed E-state index contributed by atoms with van der Waals surface area (Å²) in [6, 6.07) is 3.40. The molecule has 100 valence electrons. The van der Waals surface area contributed by atoms with E-state index in [0.717, 1.165) is 0 Å². The molecule has 1 amide bonds. The van der Waals surface area contributed by atoms with Crippen LogP contribution >= 0.6 is 15.9 Å². The SMILES string of the molecule is COc1cc(CO)cc(Br)c1OCC(C)C(N)=O. The van der Waals surface area contributed by atoms with Crippen LogP contribution in [0.25, 0.3) is 0 Å². The van der Waals surface area contributed by atoms with Crippen LogP contribution in [0.5, 0.6) is 11.5 Å². The third-order valence-corrected chi connectivity index (χ3v) is 3.02. The van der Waals surface area contributed by atoms with E-state index in [1.54, 1.807) is 19.1 Å². The number of hydrogen-bond acceptors (Lipinski definition) is 4. The minimum absolute atomic E-state index is 0.0903. The number of benzene rings is 1. The molecule has 0 fully saturated rings. The minimum Gasteiger partial charge on any atom is -0.493 e. The number of ether oxygens (including phenoxy) is 2. The van der Waals surface area contributed by atoms with E-state index < -0.39 is 5.91 Å². The van der Waals surface area contributed by atoms with E-state index in [2.05, 4.69) is 15.9 Å². The topological polar surface area (TPSA) is 81.8 Å². The Bertz CT molecular complexity index is 436. The van der Waals surface area contributed by atoms with Crippen LogP contribution < -0.4 is 15.2 Å². The van der Waals surface area contributed by atoms with Crippen molar-refractivity contribution in [3.8, 4) is 11.5 Å². The lowest BCUT2D eigenvalue weighted by Crippen LogP contribution is -2.25. The Balaban J connectivity index is 2.90. The highest BCUT2D eigenvalue weighted by molar-refractivity contribution is 9.10. The van der Waals surface area contributed by atoms with Gasteiger partial charge in [-0.25, -0.2) is 0 Å². The average molecular weight is 318 g/mol. The summed E-state index contributed by atoms with van der Waals surface area (Å²) in [5, 5.41) is 9.09. The molecule has 0 aliphatic rings. The Kier molecular flexibility index (Phi) is 5.43. The van der Waals surface area contributed by atoms with Crippen molar-refractivity contribution in [2.75, 3.05) is 13.7 Å². The van der Waals surface area contributed by atoms with E-state index >= 15 is 0 Å². The molecule has 18 heavy (non-hydrogen) atoms.